The van der Waals surface area contributed by atoms with Crippen molar-refractivity contribution in [2.24, 2.45) is 5.92 Å². The minimum absolute atomic E-state index is 0.711. The number of benzene rings is 1. The minimum atomic E-state index is 0.711. The van der Waals surface area contributed by atoms with E-state index in [0.717, 1.165) is 31.9 Å². The number of hydrogen-bond acceptors (Lipinski definition) is 2. The number of rotatable bonds is 2. The lowest BCUT2D eigenvalue weighted by atomic mass is 10.0. The Kier molecular flexibility index (Phi) is 3.49. The molecule has 0 aromatic heterocycles. The summed E-state index contributed by atoms with van der Waals surface area (Å²) in [5.74, 6) is 1.78. The Hall–Kier alpha value is -1.02. The molecule has 0 amide bonds. The summed E-state index contributed by atoms with van der Waals surface area (Å²) in [5.41, 5.74) is 2.76. The molecule has 0 N–H and O–H groups in total. The first kappa shape index (κ1) is 11.5. The van der Waals surface area contributed by atoms with E-state index in [9.17, 15) is 0 Å². The van der Waals surface area contributed by atoms with Crippen LogP contribution in [-0.2, 0) is 13.0 Å². The van der Waals surface area contributed by atoms with Gasteiger partial charge in [0.2, 0.25) is 0 Å². The fourth-order valence-electron chi connectivity index (χ4n) is 2.18. The molecule has 0 fully saturated rings. The highest BCUT2D eigenvalue weighted by Gasteiger charge is 2.12. The van der Waals surface area contributed by atoms with Crippen LogP contribution in [-0.4, -0.2) is 25.1 Å². The van der Waals surface area contributed by atoms with Gasteiger partial charge in [0.1, 0.15) is 12.4 Å². The van der Waals surface area contributed by atoms with Crippen molar-refractivity contribution in [2.45, 2.75) is 26.8 Å². The van der Waals surface area contributed by atoms with Crippen molar-refractivity contribution in [2.75, 3.05) is 20.2 Å². The Bertz CT molecular complexity index is 360. The van der Waals surface area contributed by atoms with E-state index < -0.39 is 0 Å². The number of fused-ring (bicyclic) bond motifs is 1. The number of nitrogens with zero attached hydrogens (tertiary/aromatic N) is 1. The monoisotopic (exact) mass is 219 g/mol. The van der Waals surface area contributed by atoms with Crippen LogP contribution in [0.2, 0.25) is 0 Å². The second kappa shape index (κ2) is 4.88. The van der Waals surface area contributed by atoms with E-state index >= 15 is 0 Å². The first-order valence-electron chi connectivity index (χ1n) is 6.08. The van der Waals surface area contributed by atoms with Gasteiger partial charge in [-0.3, -0.25) is 4.90 Å². The summed E-state index contributed by atoms with van der Waals surface area (Å²) < 4.78 is 5.74. The Morgan fingerprint density at radius 3 is 2.94 bits per heavy atom. The van der Waals surface area contributed by atoms with Gasteiger partial charge >= 0.3 is 0 Å². The molecular formula is C14H21NO. The Balaban J connectivity index is 2.22. The molecule has 1 aliphatic rings. The molecule has 2 rings (SSSR count). The first-order chi connectivity index (χ1) is 7.65. The van der Waals surface area contributed by atoms with E-state index in [-0.39, 0.29) is 0 Å². The lowest BCUT2D eigenvalue weighted by Crippen LogP contribution is -2.20. The van der Waals surface area contributed by atoms with Gasteiger partial charge < -0.3 is 4.74 Å². The van der Waals surface area contributed by atoms with E-state index in [1.54, 1.807) is 0 Å². The van der Waals surface area contributed by atoms with Crippen molar-refractivity contribution in [3.05, 3.63) is 29.3 Å². The maximum absolute atomic E-state index is 5.74. The highest BCUT2D eigenvalue weighted by Crippen LogP contribution is 2.24. The number of hydrogen-bond donors (Lipinski definition) is 0. The van der Waals surface area contributed by atoms with Gasteiger partial charge in [0.25, 0.3) is 0 Å². The van der Waals surface area contributed by atoms with Gasteiger partial charge in [-0.2, -0.15) is 0 Å². The molecule has 0 atom stereocenters. The number of likely N-dealkylation sites (N-methyl/N-ethyl adjacent to an activating group) is 1. The lowest BCUT2D eigenvalue weighted by molar-refractivity contribution is 0.259. The molecule has 0 saturated heterocycles. The van der Waals surface area contributed by atoms with Gasteiger partial charge in [-0.15, -0.1) is 0 Å². The van der Waals surface area contributed by atoms with Gasteiger partial charge in [0, 0.05) is 18.7 Å². The zero-order valence-electron chi connectivity index (χ0n) is 10.5. The third-order valence-corrected chi connectivity index (χ3v) is 2.94. The average Bonchev–Trinajstić information content (AvgIpc) is 2.37. The smallest absolute Gasteiger partial charge is 0.123 e. The van der Waals surface area contributed by atoms with Gasteiger partial charge in [-0.1, -0.05) is 26.0 Å². The molecule has 1 aromatic carbocycles. The largest absolute Gasteiger partial charge is 0.492 e. The molecular weight excluding hydrogens is 198 g/mol. The fraction of sp³-hybridized carbons (Fsp3) is 0.571. The van der Waals surface area contributed by atoms with E-state index in [1.807, 2.05) is 0 Å². The van der Waals surface area contributed by atoms with Crippen molar-refractivity contribution in [3.63, 3.8) is 0 Å². The highest BCUT2D eigenvalue weighted by atomic mass is 16.5. The molecule has 0 aliphatic carbocycles. The van der Waals surface area contributed by atoms with Gasteiger partial charge in [0.15, 0.2) is 0 Å². The zero-order valence-corrected chi connectivity index (χ0v) is 10.5. The lowest BCUT2D eigenvalue weighted by Gasteiger charge is -2.13. The van der Waals surface area contributed by atoms with Crippen LogP contribution in [0.4, 0.5) is 0 Å². The SMILES string of the molecule is CC(C)Cc1ccc2c(c1)CN(C)CCO2. The molecule has 0 unspecified atom stereocenters. The summed E-state index contributed by atoms with van der Waals surface area (Å²) in [6.45, 7) is 7.32. The van der Waals surface area contributed by atoms with Crippen LogP contribution in [0.25, 0.3) is 0 Å². The van der Waals surface area contributed by atoms with E-state index in [2.05, 4.69) is 44.0 Å². The van der Waals surface area contributed by atoms with Crippen LogP contribution in [0.3, 0.4) is 0 Å². The molecule has 2 heteroatoms. The predicted octanol–water partition coefficient (Wildman–Crippen LogP) is 2.71. The maximum atomic E-state index is 5.74. The van der Waals surface area contributed by atoms with Crippen molar-refractivity contribution in [3.8, 4) is 5.75 Å². The summed E-state index contributed by atoms with van der Waals surface area (Å²) in [5, 5.41) is 0. The average molecular weight is 219 g/mol. The van der Waals surface area contributed by atoms with Crippen molar-refractivity contribution in [1.82, 2.24) is 4.90 Å². The van der Waals surface area contributed by atoms with Crippen LogP contribution in [0, 0.1) is 5.92 Å². The van der Waals surface area contributed by atoms with Crippen LogP contribution in [0.5, 0.6) is 5.75 Å². The highest BCUT2D eigenvalue weighted by molar-refractivity contribution is 5.38. The van der Waals surface area contributed by atoms with E-state index in [1.165, 1.54) is 11.1 Å². The van der Waals surface area contributed by atoms with Gasteiger partial charge in [-0.05, 0) is 31.0 Å². The van der Waals surface area contributed by atoms with Gasteiger partial charge in [-0.25, -0.2) is 0 Å². The molecule has 16 heavy (non-hydrogen) atoms. The summed E-state index contributed by atoms with van der Waals surface area (Å²) >= 11 is 0. The molecule has 1 aromatic rings. The fourth-order valence-corrected chi connectivity index (χ4v) is 2.18. The summed E-state index contributed by atoms with van der Waals surface area (Å²) in [4.78, 5) is 2.31. The minimum Gasteiger partial charge on any atom is -0.492 e. The second-order valence-corrected chi connectivity index (χ2v) is 5.13. The van der Waals surface area contributed by atoms with Crippen LogP contribution in [0.1, 0.15) is 25.0 Å². The van der Waals surface area contributed by atoms with Crippen molar-refractivity contribution < 1.29 is 4.74 Å². The van der Waals surface area contributed by atoms with Crippen LogP contribution < -0.4 is 4.74 Å². The molecule has 0 radical (unpaired) electrons. The Morgan fingerprint density at radius 2 is 2.19 bits per heavy atom. The summed E-state index contributed by atoms with van der Waals surface area (Å²) in [7, 11) is 2.15. The Morgan fingerprint density at radius 1 is 1.38 bits per heavy atom. The molecule has 0 bridgehead atoms. The van der Waals surface area contributed by atoms with Crippen LogP contribution in [0.15, 0.2) is 18.2 Å². The first-order valence-corrected chi connectivity index (χ1v) is 6.08. The molecule has 2 nitrogen and oxygen atoms in total. The second-order valence-electron chi connectivity index (χ2n) is 5.13. The standard InChI is InChI=1S/C14H21NO/c1-11(2)8-12-4-5-14-13(9-12)10-15(3)6-7-16-14/h4-5,9,11H,6-8,10H2,1-3H3. The van der Waals surface area contributed by atoms with E-state index in [4.69, 9.17) is 4.74 Å². The normalized spacial score (nSPS) is 16.8. The number of ether oxygens (including phenoxy) is 1. The maximum Gasteiger partial charge on any atom is 0.123 e. The zero-order chi connectivity index (χ0) is 11.5. The third-order valence-electron chi connectivity index (χ3n) is 2.94. The Labute approximate surface area is 98.2 Å². The summed E-state index contributed by atoms with van der Waals surface area (Å²) in [6, 6.07) is 6.63. The van der Waals surface area contributed by atoms with E-state index in [0.29, 0.717) is 5.92 Å². The molecule has 1 aliphatic heterocycles. The van der Waals surface area contributed by atoms with Gasteiger partial charge in [0.05, 0.1) is 0 Å². The quantitative estimate of drug-likeness (QED) is 0.758. The topological polar surface area (TPSA) is 12.5 Å². The summed E-state index contributed by atoms with van der Waals surface area (Å²) in [6.07, 6.45) is 1.15. The molecule has 0 saturated carbocycles. The van der Waals surface area contributed by atoms with Crippen molar-refractivity contribution >= 4 is 0 Å². The molecule has 0 spiro atoms. The molecule has 88 valence electrons. The van der Waals surface area contributed by atoms with Crippen molar-refractivity contribution in [1.29, 1.82) is 0 Å². The third kappa shape index (κ3) is 2.76. The van der Waals surface area contributed by atoms with Crippen LogP contribution >= 0.6 is 0 Å². The predicted molar refractivity (Wildman–Crippen MR) is 66.8 cm³/mol. The molecule has 1 heterocycles.